The zero-order valence-electron chi connectivity index (χ0n) is 13.6. The van der Waals surface area contributed by atoms with Crippen LogP contribution in [0, 0.1) is 10.8 Å². The van der Waals surface area contributed by atoms with Gasteiger partial charge in [-0.05, 0) is 63.5 Å². The lowest BCUT2D eigenvalue weighted by Crippen LogP contribution is -2.44. The average Bonchev–Trinajstić information content (AvgIpc) is 2.76. The summed E-state index contributed by atoms with van der Waals surface area (Å²) >= 11 is 0. The van der Waals surface area contributed by atoms with E-state index in [9.17, 15) is 0 Å². The second kappa shape index (κ2) is 6.13. The summed E-state index contributed by atoms with van der Waals surface area (Å²) in [4.78, 5) is 2.30. The molecule has 0 aromatic carbocycles. The van der Waals surface area contributed by atoms with Crippen molar-refractivity contribution in [1.82, 2.24) is 10.2 Å². The highest BCUT2D eigenvalue weighted by molar-refractivity contribution is 4.91. The third-order valence-corrected chi connectivity index (χ3v) is 5.32. The highest BCUT2D eigenvalue weighted by atomic mass is 15.1. The van der Waals surface area contributed by atoms with E-state index in [0.717, 1.165) is 24.5 Å². The van der Waals surface area contributed by atoms with Gasteiger partial charge in [-0.3, -0.25) is 0 Å². The van der Waals surface area contributed by atoms with Gasteiger partial charge in [0.25, 0.3) is 0 Å². The van der Waals surface area contributed by atoms with E-state index in [-0.39, 0.29) is 0 Å². The topological polar surface area (TPSA) is 15.3 Å². The van der Waals surface area contributed by atoms with Crippen LogP contribution in [0.15, 0.2) is 0 Å². The molecule has 2 rings (SSSR count). The molecule has 0 heterocycles. The van der Waals surface area contributed by atoms with Gasteiger partial charge in [-0.15, -0.1) is 0 Å². The highest BCUT2D eigenvalue weighted by Crippen LogP contribution is 2.48. The van der Waals surface area contributed by atoms with Gasteiger partial charge in [-0.25, -0.2) is 0 Å². The second-order valence-electron chi connectivity index (χ2n) is 8.26. The Morgan fingerprint density at radius 2 is 1.63 bits per heavy atom. The second-order valence-corrected chi connectivity index (χ2v) is 8.26. The molecule has 0 unspecified atom stereocenters. The quantitative estimate of drug-likeness (QED) is 0.817. The Balaban J connectivity index is 1.71. The van der Waals surface area contributed by atoms with Crippen molar-refractivity contribution in [2.75, 3.05) is 27.2 Å². The fourth-order valence-electron chi connectivity index (χ4n) is 4.39. The van der Waals surface area contributed by atoms with Crippen molar-refractivity contribution in [3.05, 3.63) is 0 Å². The van der Waals surface area contributed by atoms with Crippen LogP contribution in [-0.4, -0.2) is 38.1 Å². The molecule has 0 bridgehead atoms. The van der Waals surface area contributed by atoms with E-state index in [0.29, 0.717) is 5.41 Å². The number of nitrogens with one attached hydrogen (secondary N) is 1. The van der Waals surface area contributed by atoms with Gasteiger partial charge in [0, 0.05) is 19.1 Å². The van der Waals surface area contributed by atoms with Crippen molar-refractivity contribution in [1.29, 1.82) is 0 Å². The van der Waals surface area contributed by atoms with Crippen molar-refractivity contribution in [3.8, 4) is 0 Å². The predicted molar refractivity (Wildman–Crippen MR) is 83.5 cm³/mol. The van der Waals surface area contributed by atoms with Crippen LogP contribution in [0.25, 0.3) is 0 Å². The number of nitrogens with zero attached hydrogens (tertiary/aromatic N) is 1. The molecule has 0 radical (unpaired) electrons. The molecule has 0 aromatic heterocycles. The van der Waals surface area contributed by atoms with Gasteiger partial charge >= 0.3 is 0 Å². The van der Waals surface area contributed by atoms with E-state index in [1.54, 1.807) is 0 Å². The molecule has 0 aliphatic heterocycles. The van der Waals surface area contributed by atoms with Crippen LogP contribution in [0.3, 0.4) is 0 Å². The lowest BCUT2D eigenvalue weighted by molar-refractivity contribution is 0.155. The fraction of sp³-hybridized carbons (Fsp3) is 1.00. The third kappa shape index (κ3) is 4.46. The minimum atomic E-state index is 0.381. The highest BCUT2D eigenvalue weighted by Gasteiger charge is 2.37. The average molecular weight is 266 g/mol. The van der Waals surface area contributed by atoms with Crippen LogP contribution < -0.4 is 5.32 Å². The molecule has 2 nitrogen and oxygen atoms in total. The molecule has 0 atom stereocenters. The molecule has 0 aromatic rings. The molecule has 19 heavy (non-hydrogen) atoms. The predicted octanol–water partition coefficient (Wildman–Crippen LogP) is 3.67. The van der Waals surface area contributed by atoms with Crippen LogP contribution in [-0.2, 0) is 0 Å². The zero-order valence-corrected chi connectivity index (χ0v) is 13.6. The largest absolute Gasteiger partial charge is 0.313 e. The summed E-state index contributed by atoms with van der Waals surface area (Å²) in [5.41, 5.74) is 1.16. The Labute approximate surface area is 120 Å². The monoisotopic (exact) mass is 266 g/mol. The molecule has 2 saturated carbocycles. The summed E-state index contributed by atoms with van der Waals surface area (Å²) in [6.45, 7) is 7.07. The smallest absolute Gasteiger partial charge is 0.00677 e. The van der Waals surface area contributed by atoms with Crippen LogP contribution in [0.1, 0.15) is 65.2 Å². The maximum atomic E-state index is 3.85. The number of hydrogen-bond acceptors (Lipinski definition) is 2. The standard InChI is InChI=1S/C17H34N2/c1-16(2,14-19(3)4)13-18-15-7-11-17(12-8-15)9-5-6-10-17/h15,18H,5-14H2,1-4H3. The summed E-state index contributed by atoms with van der Waals surface area (Å²) in [7, 11) is 4.35. The summed E-state index contributed by atoms with van der Waals surface area (Å²) < 4.78 is 0. The van der Waals surface area contributed by atoms with Crippen LogP contribution in [0.4, 0.5) is 0 Å². The Kier molecular flexibility index (Phi) is 4.94. The molecule has 2 fully saturated rings. The normalized spacial score (nSPS) is 24.5. The summed E-state index contributed by atoms with van der Waals surface area (Å²) in [6.07, 6.45) is 11.8. The SMILES string of the molecule is CN(C)CC(C)(C)CNC1CCC2(CCCC2)CC1. The molecular formula is C17H34N2. The number of hydrogen-bond donors (Lipinski definition) is 1. The fourth-order valence-corrected chi connectivity index (χ4v) is 4.39. The first-order valence-electron chi connectivity index (χ1n) is 8.29. The molecule has 2 aliphatic carbocycles. The Bertz CT molecular complexity index is 267. The van der Waals surface area contributed by atoms with Crippen molar-refractivity contribution >= 4 is 0 Å². The summed E-state index contributed by atoms with van der Waals surface area (Å²) in [5.74, 6) is 0. The van der Waals surface area contributed by atoms with Gasteiger partial charge in [0.15, 0.2) is 0 Å². The minimum Gasteiger partial charge on any atom is -0.313 e. The Morgan fingerprint density at radius 3 is 2.16 bits per heavy atom. The molecular weight excluding hydrogens is 232 g/mol. The van der Waals surface area contributed by atoms with Crippen molar-refractivity contribution < 1.29 is 0 Å². The molecule has 1 N–H and O–H groups in total. The van der Waals surface area contributed by atoms with Crippen molar-refractivity contribution in [3.63, 3.8) is 0 Å². The molecule has 2 heteroatoms. The summed E-state index contributed by atoms with van der Waals surface area (Å²) in [6, 6.07) is 0.785. The van der Waals surface area contributed by atoms with Crippen molar-refractivity contribution in [2.45, 2.75) is 71.3 Å². The van der Waals surface area contributed by atoms with E-state index in [1.807, 2.05) is 0 Å². The van der Waals surface area contributed by atoms with Crippen LogP contribution in [0.5, 0.6) is 0 Å². The summed E-state index contributed by atoms with van der Waals surface area (Å²) in [5, 5.41) is 3.85. The van der Waals surface area contributed by atoms with Crippen LogP contribution >= 0.6 is 0 Å². The van der Waals surface area contributed by atoms with E-state index < -0.39 is 0 Å². The lowest BCUT2D eigenvalue weighted by Gasteiger charge is -2.39. The molecule has 0 saturated heterocycles. The van der Waals surface area contributed by atoms with Gasteiger partial charge in [0.1, 0.15) is 0 Å². The Hall–Kier alpha value is -0.0800. The molecule has 2 aliphatic rings. The van der Waals surface area contributed by atoms with Gasteiger partial charge in [-0.2, -0.15) is 0 Å². The first-order valence-corrected chi connectivity index (χ1v) is 8.29. The zero-order chi connectivity index (χ0) is 13.9. The van der Waals surface area contributed by atoms with Crippen molar-refractivity contribution in [2.24, 2.45) is 10.8 Å². The van der Waals surface area contributed by atoms with E-state index in [2.05, 4.69) is 38.2 Å². The van der Waals surface area contributed by atoms with Gasteiger partial charge in [0.05, 0.1) is 0 Å². The number of rotatable bonds is 5. The van der Waals surface area contributed by atoms with Gasteiger partial charge in [0.2, 0.25) is 0 Å². The lowest BCUT2D eigenvalue weighted by atomic mass is 9.71. The molecule has 112 valence electrons. The van der Waals surface area contributed by atoms with Gasteiger partial charge < -0.3 is 10.2 Å². The maximum Gasteiger partial charge on any atom is 0.00677 e. The van der Waals surface area contributed by atoms with E-state index >= 15 is 0 Å². The minimum absolute atomic E-state index is 0.381. The van der Waals surface area contributed by atoms with Crippen LogP contribution in [0.2, 0.25) is 0 Å². The first kappa shape index (κ1) is 15.3. The Morgan fingerprint density at radius 1 is 1.05 bits per heavy atom. The first-order chi connectivity index (χ1) is 8.91. The maximum absolute atomic E-state index is 3.85. The van der Waals surface area contributed by atoms with E-state index in [1.165, 1.54) is 51.4 Å². The van der Waals surface area contributed by atoms with E-state index in [4.69, 9.17) is 0 Å². The van der Waals surface area contributed by atoms with Gasteiger partial charge in [-0.1, -0.05) is 26.7 Å². The third-order valence-electron chi connectivity index (χ3n) is 5.32. The molecule has 0 amide bonds. The molecule has 1 spiro atoms.